The van der Waals surface area contributed by atoms with Gasteiger partial charge in [0.05, 0.1) is 33.8 Å². The maximum Gasteiger partial charge on any atom is 0.417 e. The molecule has 16 heteroatoms. The number of nitrogens with zero attached hydrogens (tertiary/aromatic N) is 3. The van der Waals surface area contributed by atoms with Crippen LogP contribution in [0.5, 0.6) is 5.75 Å². The number of halogens is 5. The number of hydrazine groups is 1. The van der Waals surface area contributed by atoms with Crippen LogP contribution in [0.1, 0.15) is 48.3 Å². The van der Waals surface area contributed by atoms with E-state index in [0.29, 0.717) is 49.8 Å². The van der Waals surface area contributed by atoms with Gasteiger partial charge in [-0.25, -0.2) is 4.98 Å². The smallest absolute Gasteiger partial charge is 0.417 e. The van der Waals surface area contributed by atoms with Crippen LogP contribution in [0.4, 0.5) is 19.0 Å². The molecule has 3 fully saturated rings. The second kappa shape index (κ2) is 13.6. The summed E-state index contributed by atoms with van der Waals surface area (Å²) in [6.07, 6.45) is -2.55. The molecule has 2 saturated heterocycles. The summed E-state index contributed by atoms with van der Waals surface area (Å²) < 4.78 is 40.5. The van der Waals surface area contributed by atoms with Crippen molar-refractivity contribution in [2.24, 2.45) is 23.7 Å². The third-order valence-electron chi connectivity index (χ3n) is 11.7. The fourth-order valence-electron chi connectivity index (χ4n) is 9.36. The highest BCUT2D eigenvalue weighted by Crippen LogP contribution is 2.65. The molecule has 56 heavy (non-hydrogen) atoms. The number of carboxylic acids is 1. The Hall–Kier alpha value is -5.47. The zero-order valence-corrected chi connectivity index (χ0v) is 30.6. The van der Waals surface area contributed by atoms with Crippen LogP contribution in [-0.4, -0.2) is 61.2 Å². The average molecular weight is 808 g/mol. The molecule has 0 radical (unpaired) electrons. The highest BCUT2D eigenvalue weighted by Gasteiger charge is 2.70. The molecule has 4 aromatic rings. The molecule has 0 unspecified atom stereocenters. The van der Waals surface area contributed by atoms with Gasteiger partial charge in [-0.1, -0.05) is 77.3 Å². The summed E-state index contributed by atoms with van der Waals surface area (Å²) in [5.74, 6) is -8.69. The number of phenols is 1. The first-order valence-electron chi connectivity index (χ1n) is 17.8. The van der Waals surface area contributed by atoms with E-state index in [1.54, 1.807) is 54.6 Å². The van der Waals surface area contributed by atoms with E-state index in [2.05, 4.69) is 10.4 Å². The average Bonchev–Trinajstić information content (AvgIpc) is 3.53. The number of amides is 4. The van der Waals surface area contributed by atoms with Crippen molar-refractivity contribution in [2.75, 3.05) is 12.0 Å². The zero-order chi connectivity index (χ0) is 39.8. The van der Waals surface area contributed by atoms with Gasteiger partial charge in [-0.3, -0.25) is 34.3 Å². The van der Waals surface area contributed by atoms with Crippen LogP contribution in [0.3, 0.4) is 0 Å². The van der Waals surface area contributed by atoms with Crippen molar-refractivity contribution >= 4 is 69.4 Å². The Labute approximate surface area is 326 Å². The summed E-state index contributed by atoms with van der Waals surface area (Å²) in [5.41, 5.74) is 1.24. The van der Waals surface area contributed by atoms with Crippen LogP contribution in [0.2, 0.25) is 10.0 Å². The summed E-state index contributed by atoms with van der Waals surface area (Å²) in [7, 11) is 0. The molecule has 3 heterocycles. The number of rotatable bonds is 8. The van der Waals surface area contributed by atoms with E-state index in [-0.39, 0.29) is 43.8 Å². The SMILES string of the molecule is O=C(O)CCCN1C(=O)[C@H]2[C@H](CC=C3[C@H]2C[C@H]2C(=O)N(Nc4ncc(C(F)(F)F)cc4Cl)C(=O)[C@@]2(c2ccc(Cl)cc2)[C@H]3c2ccc(O)c3ccccc23)C1=O. The first kappa shape index (κ1) is 37.5. The summed E-state index contributed by atoms with van der Waals surface area (Å²) in [6, 6.07) is 17.1. The number of aliphatic carboxylic acids is 1. The van der Waals surface area contributed by atoms with Crippen LogP contribution in [0.25, 0.3) is 10.8 Å². The van der Waals surface area contributed by atoms with Gasteiger partial charge in [0.2, 0.25) is 11.8 Å². The van der Waals surface area contributed by atoms with Crippen molar-refractivity contribution in [1.82, 2.24) is 14.9 Å². The quantitative estimate of drug-likeness (QED) is 0.125. The molecule has 4 aliphatic rings. The number of aromatic hydroxyl groups is 1. The number of anilines is 1. The topological polar surface area (TPSA) is 157 Å². The number of hydrogen-bond donors (Lipinski definition) is 3. The van der Waals surface area contributed by atoms with E-state index in [4.69, 9.17) is 23.2 Å². The minimum atomic E-state index is -4.77. The second-order valence-corrected chi connectivity index (χ2v) is 15.3. The number of imide groups is 2. The van der Waals surface area contributed by atoms with Gasteiger partial charge in [0.25, 0.3) is 11.8 Å². The number of aromatic nitrogens is 1. The van der Waals surface area contributed by atoms with Crippen LogP contribution in [0, 0.1) is 23.7 Å². The number of phenolic OH excluding ortho intramolecular Hbond substituents is 1. The molecule has 2 aliphatic heterocycles. The lowest BCUT2D eigenvalue weighted by Gasteiger charge is -2.51. The number of carbonyl (C=O) groups excluding carboxylic acids is 4. The molecule has 288 valence electrons. The largest absolute Gasteiger partial charge is 0.507 e. The fourth-order valence-corrected chi connectivity index (χ4v) is 9.69. The monoisotopic (exact) mass is 806 g/mol. The lowest BCUT2D eigenvalue weighted by Crippen LogP contribution is -2.53. The Kier molecular flexibility index (Phi) is 9.11. The van der Waals surface area contributed by atoms with Crippen molar-refractivity contribution < 1.29 is 47.4 Å². The molecular formula is C40H31Cl2F3N4O7. The third kappa shape index (κ3) is 5.71. The molecule has 11 nitrogen and oxygen atoms in total. The van der Waals surface area contributed by atoms with Crippen molar-refractivity contribution in [3.8, 4) is 5.75 Å². The number of alkyl halides is 3. The molecule has 0 bridgehead atoms. The van der Waals surface area contributed by atoms with E-state index in [9.17, 15) is 42.6 Å². The standard InChI is InChI=1S/C40H31Cl2F3N4O7/c41-21-9-7-19(8-10-21)39-28(36(54)49(38(39)56)47-34-29(42)16-20(18-46-34)40(43,44)45)17-27-25(33(39)24-13-14-30(50)23-5-2-1-4-22(23)24)11-12-26-32(27)37(55)48(35(26)53)15-3-6-31(51)52/h1-2,4-5,7-11,13-14,16,18,26-28,32-33,50H,3,6,12,15,17H2,(H,46,47)(H,51,52)/t26-,27+,28-,32-,33-,39+/m0/s1. The highest BCUT2D eigenvalue weighted by molar-refractivity contribution is 6.33. The molecule has 8 rings (SSSR count). The van der Waals surface area contributed by atoms with Gasteiger partial charge in [-0.05, 0) is 66.0 Å². The van der Waals surface area contributed by atoms with Crippen molar-refractivity contribution in [1.29, 1.82) is 0 Å². The number of nitrogens with one attached hydrogen (secondary N) is 1. The molecule has 2 aliphatic carbocycles. The number of allylic oxidation sites excluding steroid dienone is 2. The van der Waals surface area contributed by atoms with Crippen molar-refractivity contribution in [3.63, 3.8) is 0 Å². The Morgan fingerprint density at radius 1 is 0.946 bits per heavy atom. The van der Waals surface area contributed by atoms with Gasteiger partial charge in [-0.15, -0.1) is 0 Å². The van der Waals surface area contributed by atoms with E-state index in [1.807, 2.05) is 6.08 Å². The first-order chi connectivity index (χ1) is 26.6. The van der Waals surface area contributed by atoms with Gasteiger partial charge in [0.1, 0.15) is 5.75 Å². The van der Waals surface area contributed by atoms with Gasteiger partial charge in [-0.2, -0.15) is 18.2 Å². The fraction of sp³-hybridized carbons (Fsp3) is 0.300. The lowest BCUT2D eigenvalue weighted by atomic mass is 9.49. The predicted molar refractivity (Wildman–Crippen MR) is 196 cm³/mol. The summed E-state index contributed by atoms with van der Waals surface area (Å²) in [6.45, 7) is -0.0980. The predicted octanol–water partition coefficient (Wildman–Crippen LogP) is 7.12. The minimum absolute atomic E-state index is 0.0415. The Balaban J connectivity index is 1.33. The van der Waals surface area contributed by atoms with E-state index in [1.165, 1.54) is 6.07 Å². The second-order valence-electron chi connectivity index (χ2n) is 14.5. The molecule has 1 saturated carbocycles. The van der Waals surface area contributed by atoms with Crippen LogP contribution in [0.15, 0.2) is 84.6 Å². The number of benzene rings is 3. The minimum Gasteiger partial charge on any atom is -0.507 e. The van der Waals surface area contributed by atoms with Gasteiger partial charge < -0.3 is 10.2 Å². The third-order valence-corrected chi connectivity index (χ3v) is 12.2. The number of carbonyl (C=O) groups is 5. The first-order valence-corrected chi connectivity index (χ1v) is 18.5. The summed E-state index contributed by atoms with van der Waals surface area (Å²) in [5, 5.41) is 21.7. The Morgan fingerprint density at radius 2 is 1.66 bits per heavy atom. The Morgan fingerprint density at radius 3 is 2.34 bits per heavy atom. The van der Waals surface area contributed by atoms with Crippen LogP contribution >= 0.6 is 23.2 Å². The van der Waals surface area contributed by atoms with Crippen molar-refractivity contribution in [2.45, 2.75) is 43.2 Å². The summed E-state index contributed by atoms with van der Waals surface area (Å²) >= 11 is 12.6. The maximum atomic E-state index is 15.4. The molecule has 4 amide bonds. The van der Waals surface area contributed by atoms with E-state index >= 15 is 4.79 Å². The van der Waals surface area contributed by atoms with Gasteiger partial charge in [0, 0.05) is 35.5 Å². The van der Waals surface area contributed by atoms with Crippen LogP contribution in [-0.2, 0) is 35.6 Å². The number of pyridine rings is 1. The van der Waals surface area contributed by atoms with Crippen molar-refractivity contribution in [3.05, 3.63) is 111 Å². The molecular weight excluding hydrogens is 776 g/mol. The summed E-state index contributed by atoms with van der Waals surface area (Å²) in [4.78, 5) is 74.5. The highest BCUT2D eigenvalue weighted by atomic mass is 35.5. The lowest BCUT2D eigenvalue weighted by molar-refractivity contribution is -0.142. The van der Waals surface area contributed by atoms with E-state index in [0.717, 1.165) is 4.90 Å². The van der Waals surface area contributed by atoms with Crippen LogP contribution < -0.4 is 5.43 Å². The molecule has 3 N–H and O–H groups in total. The molecule has 0 spiro atoms. The number of carboxylic acid groups (broad SMARTS) is 1. The molecule has 1 aromatic heterocycles. The molecule has 3 aromatic carbocycles. The van der Waals surface area contributed by atoms with Gasteiger partial charge in [0.15, 0.2) is 5.82 Å². The number of hydrogen-bond acceptors (Lipinski definition) is 8. The number of fused-ring (bicyclic) bond motifs is 5. The molecule has 6 atom stereocenters. The normalized spacial score (nSPS) is 25.9. The maximum absolute atomic E-state index is 15.4. The van der Waals surface area contributed by atoms with Gasteiger partial charge >= 0.3 is 12.1 Å². The Bertz CT molecular complexity index is 2390. The number of likely N-dealkylation sites (tertiary alicyclic amines) is 1. The van der Waals surface area contributed by atoms with E-state index < -0.39 is 81.4 Å². The zero-order valence-electron chi connectivity index (χ0n) is 29.1.